The van der Waals surface area contributed by atoms with Crippen LogP contribution < -0.4 is 14.8 Å². The normalized spacial score (nSPS) is 12.0. The number of methoxy groups -OCH3 is 1. The van der Waals surface area contributed by atoms with E-state index < -0.39 is 5.56 Å². The summed E-state index contributed by atoms with van der Waals surface area (Å²) in [5, 5.41) is 16.0. The highest BCUT2D eigenvalue weighted by atomic mass is 79.9. The van der Waals surface area contributed by atoms with Gasteiger partial charge >= 0.3 is 0 Å². The molecule has 0 saturated carbocycles. The maximum absolute atomic E-state index is 6.09. The number of alkyl halides is 1. The van der Waals surface area contributed by atoms with Gasteiger partial charge in [0.1, 0.15) is 5.52 Å². The summed E-state index contributed by atoms with van der Waals surface area (Å²) in [4.78, 5) is 0. The predicted octanol–water partition coefficient (Wildman–Crippen LogP) is 4.89. The summed E-state index contributed by atoms with van der Waals surface area (Å²) in [7, 11) is 1.58. The zero-order valence-electron chi connectivity index (χ0n) is 13.7. The number of nitrogens with one attached hydrogen (secondary N) is 1. The van der Waals surface area contributed by atoms with Crippen LogP contribution in [0.5, 0.6) is 11.5 Å². The molecule has 1 unspecified atom stereocenters. The molecule has 0 aliphatic carbocycles. The van der Waals surface area contributed by atoms with Crippen LogP contribution in [0.4, 0.5) is 11.5 Å². The van der Waals surface area contributed by atoms with Crippen molar-refractivity contribution in [3.05, 3.63) is 40.9 Å². The predicted molar refractivity (Wildman–Crippen MR) is 102 cm³/mol. The van der Waals surface area contributed by atoms with Gasteiger partial charge in [-0.15, -0.1) is 10.2 Å². The molecule has 0 aliphatic heterocycles. The summed E-state index contributed by atoms with van der Waals surface area (Å²) >= 11 is 9.54. The second kappa shape index (κ2) is 7.84. The lowest BCUT2D eigenvalue weighted by molar-refractivity contribution is 0.261. The van der Waals surface area contributed by atoms with Crippen molar-refractivity contribution in [2.75, 3.05) is 12.4 Å². The third-order valence-electron chi connectivity index (χ3n) is 3.50. The van der Waals surface area contributed by atoms with Crippen LogP contribution in [0.2, 0.25) is 0 Å². The Balaban J connectivity index is 2.03. The minimum absolute atomic E-state index is 0.444. The summed E-state index contributed by atoms with van der Waals surface area (Å²) in [6.07, 6.45) is 0.667. The van der Waals surface area contributed by atoms with Gasteiger partial charge in [-0.2, -0.15) is 0 Å². The molecule has 0 amide bonds. The van der Waals surface area contributed by atoms with Gasteiger partial charge in [-0.25, -0.2) is 0 Å². The maximum atomic E-state index is 6.09. The fourth-order valence-corrected chi connectivity index (χ4v) is 2.75. The molecule has 0 fully saturated rings. The quantitative estimate of drug-likeness (QED) is 0.569. The number of fused-ring (bicyclic) bond motifs is 1. The van der Waals surface area contributed by atoms with Crippen molar-refractivity contribution in [1.29, 1.82) is 0 Å². The van der Waals surface area contributed by atoms with Crippen molar-refractivity contribution in [2.24, 2.45) is 0 Å². The third-order valence-corrected chi connectivity index (χ3v) is 4.39. The monoisotopic (exact) mass is 422 g/mol. The molecule has 6 nitrogen and oxygen atoms in total. The highest BCUT2D eigenvalue weighted by Crippen LogP contribution is 2.35. The summed E-state index contributed by atoms with van der Waals surface area (Å²) in [6, 6.07) is 11.3. The minimum Gasteiger partial charge on any atom is -0.493 e. The van der Waals surface area contributed by atoms with Gasteiger partial charge in [0.05, 0.1) is 12.5 Å². The van der Waals surface area contributed by atoms with E-state index in [-0.39, 0.29) is 0 Å². The molecule has 1 N–H and O–H groups in total. The van der Waals surface area contributed by atoms with E-state index in [1.165, 1.54) is 0 Å². The average Bonchev–Trinajstić information content (AvgIpc) is 2.61. The van der Waals surface area contributed by atoms with Gasteiger partial charge in [0, 0.05) is 16.2 Å². The van der Waals surface area contributed by atoms with Gasteiger partial charge < -0.3 is 14.8 Å². The molecule has 0 radical (unpaired) electrons. The number of aromatic nitrogens is 3. The van der Waals surface area contributed by atoms with Crippen LogP contribution in [0, 0.1) is 0 Å². The molecule has 2 aromatic carbocycles. The van der Waals surface area contributed by atoms with Crippen molar-refractivity contribution in [3.8, 4) is 11.5 Å². The summed E-state index contributed by atoms with van der Waals surface area (Å²) < 4.78 is 12.1. The Hall–Kier alpha value is -2.12. The molecular formula is C17H16BrClN4O2. The molecule has 0 bridgehead atoms. The number of rotatable bonds is 6. The molecule has 1 aromatic heterocycles. The van der Waals surface area contributed by atoms with Crippen LogP contribution in [0.25, 0.3) is 10.9 Å². The Labute approximate surface area is 158 Å². The van der Waals surface area contributed by atoms with Gasteiger partial charge in [-0.3, -0.25) is 0 Å². The Morgan fingerprint density at radius 1 is 1.20 bits per heavy atom. The molecular weight excluding hydrogens is 408 g/mol. The molecule has 0 aliphatic rings. The molecule has 1 heterocycles. The lowest BCUT2D eigenvalue weighted by atomic mass is 10.2. The molecule has 3 aromatic rings. The number of benzene rings is 2. The van der Waals surface area contributed by atoms with E-state index in [0.29, 0.717) is 29.3 Å². The zero-order valence-corrected chi connectivity index (χ0v) is 16.0. The zero-order chi connectivity index (χ0) is 17.8. The highest BCUT2D eigenvalue weighted by Gasteiger charge is 2.15. The van der Waals surface area contributed by atoms with Crippen LogP contribution in [-0.4, -0.2) is 28.1 Å². The first kappa shape index (κ1) is 17.7. The van der Waals surface area contributed by atoms with Crippen LogP contribution in [-0.2, 0) is 0 Å². The Morgan fingerprint density at radius 3 is 2.76 bits per heavy atom. The van der Waals surface area contributed by atoms with E-state index in [2.05, 4.69) is 36.7 Å². The van der Waals surface area contributed by atoms with Crippen LogP contribution in [0.15, 0.2) is 40.9 Å². The van der Waals surface area contributed by atoms with E-state index in [1.54, 1.807) is 13.2 Å². The van der Waals surface area contributed by atoms with Gasteiger partial charge in [0.25, 0.3) is 0 Å². The van der Waals surface area contributed by atoms with E-state index in [9.17, 15) is 0 Å². The first-order chi connectivity index (χ1) is 12.1. The SMILES string of the molecule is CCC(Cl)Oc1cc2nnnc(Nc3cccc(Br)c3)c2cc1OC. The molecule has 3 rings (SSSR count). The summed E-state index contributed by atoms with van der Waals surface area (Å²) in [5.41, 5.74) is 1.06. The second-order valence-electron chi connectivity index (χ2n) is 5.23. The first-order valence-electron chi connectivity index (χ1n) is 7.65. The summed E-state index contributed by atoms with van der Waals surface area (Å²) in [5.74, 6) is 1.65. The molecule has 8 heteroatoms. The van der Waals surface area contributed by atoms with E-state index >= 15 is 0 Å². The molecule has 0 saturated heterocycles. The van der Waals surface area contributed by atoms with Crippen LogP contribution in [0.3, 0.4) is 0 Å². The maximum Gasteiger partial charge on any atom is 0.172 e. The topological polar surface area (TPSA) is 69.2 Å². The van der Waals surface area contributed by atoms with Crippen molar-refractivity contribution in [2.45, 2.75) is 18.9 Å². The number of halogens is 2. The van der Waals surface area contributed by atoms with E-state index in [1.807, 2.05) is 37.3 Å². The number of anilines is 2. The summed E-state index contributed by atoms with van der Waals surface area (Å²) in [6.45, 7) is 1.94. The standard InChI is InChI=1S/C17H16BrClN4O2/c1-3-16(19)25-15-9-13-12(8-14(15)24-2)17(22-23-21-13)20-11-6-4-5-10(18)7-11/h4-9,16H,3H2,1-2H3,(H,20,21,22). The van der Waals surface area contributed by atoms with Crippen molar-refractivity contribution in [1.82, 2.24) is 15.4 Å². The van der Waals surface area contributed by atoms with Crippen molar-refractivity contribution >= 4 is 49.9 Å². The molecule has 25 heavy (non-hydrogen) atoms. The smallest absolute Gasteiger partial charge is 0.172 e. The van der Waals surface area contributed by atoms with Gasteiger partial charge in [-0.05, 0) is 35.9 Å². The highest BCUT2D eigenvalue weighted by molar-refractivity contribution is 9.10. The first-order valence-corrected chi connectivity index (χ1v) is 8.88. The van der Waals surface area contributed by atoms with Crippen molar-refractivity contribution in [3.63, 3.8) is 0 Å². The number of hydrogen-bond acceptors (Lipinski definition) is 6. The van der Waals surface area contributed by atoms with Gasteiger partial charge in [0.15, 0.2) is 22.9 Å². The Bertz CT molecular complexity index is 894. The fourth-order valence-electron chi connectivity index (χ4n) is 2.26. The van der Waals surface area contributed by atoms with Gasteiger partial charge in [0.2, 0.25) is 0 Å². The molecule has 130 valence electrons. The number of hydrogen-bond donors (Lipinski definition) is 1. The van der Waals surface area contributed by atoms with E-state index in [4.69, 9.17) is 21.1 Å². The van der Waals surface area contributed by atoms with Gasteiger partial charge in [-0.1, -0.05) is 40.5 Å². The average molecular weight is 424 g/mol. The largest absolute Gasteiger partial charge is 0.493 e. The van der Waals surface area contributed by atoms with E-state index in [0.717, 1.165) is 15.5 Å². The fraction of sp³-hybridized carbons (Fsp3) is 0.235. The Morgan fingerprint density at radius 2 is 2.04 bits per heavy atom. The van der Waals surface area contributed by atoms with Crippen molar-refractivity contribution < 1.29 is 9.47 Å². The van der Waals surface area contributed by atoms with Crippen LogP contribution >= 0.6 is 27.5 Å². The molecule has 0 spiro atoms. The number of ether oxygens (including phenoxy) is 2. The minimum atomic E-state index is -0.444. The second-order valence-corrected chi connectivity index (χ2v) is 6.63. The molecule has 1 atom stereocenters. The number of nitrogens with zero attached hydrogens (tertiary/aromatic N) is 3. The third kappa shape index (κ3) is 4.11. The lowest BCUT2D eigenvalue weighted by Gasteiger charge is -2.15. The lowest BCUT2D eigenvalue weighted by Crippen LogP contribution is -2.08. The van der Waals surface area contributed by atoms with Crippen LogP contribution in [0.1, 0.15) is 13.3 Å². The Kier molecular flexibility index (Phi) is 5.55.